The molecular weight excluding hydrogens is 515 g/mol. The summed E-state index contributed by atoms with van der Waals surface area (Å²) in [7, 11) is 0. The fourth-order valence-corrected chi connectivity index (χ4v) is 5.63. The number of aliphatic hydroxyl groups is 1. The molecule has 7 nitrogen and oxygen atoms in total. The Labute approximate surface area is 213 Å². The fourth-order valence-electron chi connectivity index (χ4n) is 4.47. The van der Waals surface area contributed by atoms with Crippen LogP contribution in [0.15, 0.2) is 52.5 Å². The van der Waals surface area contributed by atoms with Gasteiger partial charge in [0.05, 0.1) is 41.4 Å². The fraction of sp³-hybridized carbons (Fsp3) is 0.292. The highest BCUT2D eigenvalue weighted by atomic mass is 35.5. The van der Waals surface area contributed by atoms with E-state index in [4.69, 9.17) is 17.3 Å². The van der Waals surface area contributed by atoms with Crippen LogP contribution in [0.2, 0.25) is 5.02 Å². The van der Waals surface area contributed by atoms with Crippen LogP contribution in [0.3, 0.4) is 0 Å². The summed E-state index contributed by atoms with van der Waals surface area (Å²) in [6, 6.07) is 8.77. The smallest absolute Gasteiger partial charge is 0.394 e. The second kappa shape index (κ2) is 9.55. The molecule has 2 aliphatic heterocycles. The van der Waals surface area contributed by atoms with Crippen LogP contribution in [0.1, 0.15) is 23.1 Å². The average molecular weight is 536 g/mol. The second-order valence-corrected chi connectivity index (χ2v) is 10.2. The van der Waals surface area contributed by atoms with E-state index in [-0.39, 0.29) is 41.7 Å². The number of aliphatic hydroxyl groups excluding tert-OH is 1. The molecule has 2 aliphatic rings. The first-order valence-electron chi connectivity index (χ1n) is 11.1. The number of fused-ring (bicyclic) bond motifs is 1. The van der Waals surface area contributed by atoms with Crippen molar-refractivity contribution in [3.05, 3.63) is 69.2 Å². The van der Waals surface area contributed by atoms with Crippen molar-refractivity contribution in [3.8, 4) is 0 Å². The third-order valence-corrected chi connectivity index (χ3v) is 7.43. The van der Waals surface area contributed by atoms with E-state index in [0.717, 1.165) is 11.6 Å². The van der Waals surface area contributed by atoms with Crippen LogP contribution in [0, 0.1) is 0 Å². The van der Waals surface area contributed by atoms with Gasteiger partial charge in [-0.1, -0.05) is 23.7 Å². The number of nitrogens with two attached hydrogens (primary N) is 1. The van der Waals surface area contributed by atoms with E-state index in [2.05, 4.69) is 10.1 Å². The van der Waals surface area contributed by atoms with Gasteiger partial charge >= 0.3 is 6.18 Å². The zero-order valence-electron chi connectivity index (χ0n) is 18.7. The van der Waals surface area contributed by atoms with Crippen LogP contribution >= 0.6 is 23.4 Å². The number of aromatic nitrogens is 2. The number of carbonyl (C=O) groups excluding carboxylic acids is 1. The number of carbonyl (C=O) groups is 1. The van der Waals surface area contributed by atoms with Gasteiger partial charge in [0.2, 0.25) is 0 Å². The van der Waals surface area contributed by atoms with E-state index >= 15 is 0 Å². The molecular formula is C24H21ClF3N5O2S. The lowest BCUT2D eigenvalue weighted by Crippen LogP contribution is -2.36. The summed E-state index contributed by atoms with van der Waals surface area (Å²) >= 11 is 7.02. The Morgan fingerprint density at radius 2 is 2.06 bits per heavy atom. The summed E-state index contributed by atoms with van der Waals surface area (Å²) in [5.41, 5.74) is 6.65. The van der Waals surface area contributed by atoms with Gasteiger partial charge in [-0.3, -0.25) is 9.48 Å². The minimum absolute atomic E-state index is 0.0139. The van der Waals surface area contributed by atoms with Crippen LogP contribution in [-0.2, 0) is 17.5 Å². The standard InChI is InChI=1S/C24H21ClF3N5O2S/c25-16-3-2-14(19(7-16)24(26,27)28)10-33-20-4-1-13(5-15(20)9-30-33)6-21-22(35)31-23(36-21)32-11-17(29)8-18(32)12-34/h1-7,9,17-18,34H,8,10-12,29H2/b21-6+/t17-,18-/m1/s1. The molecule has 1 aromatic heterocycles. The molecule has 36 heavy (non-hydrogen) atoms. The number of amidine groups is 1. The predicted molar refractivity (Wildman–Crippen MR) is 133 cm³/mol. The molecule has 0 radical (unpaired) electrons. The number of aliphatic imine (C=N–C) groups is 1. The zero-order valence-corrected chi connectivity index (χ0v) is 20.3. The molecule has 0 bridgehead atoms. The number of likely N-dealkylation sites (tertiary alicyclic amines) is 1. The van der Waals surface area contributed by atoms with Gasteiger partial charge in [-0.25, -0.2) is 0 Å². The van der Waals surface area contributed by atoms with E-state index in [0.29, 0.717) is 33.9 Å². The molecule has 1 amide bonds. The summed E-state index contributed by atoms with van der Waals surface area (Å²) in [5.74, 6) is -0.370. The van der Waals surface area contributed by atoms with Gasteiger partial charge < -0.3 is 15.7 Å². The largest absolute Gasteiger partial charge is 0.416 e. The van der Waals surface area contributed by atoms with Gasteiger partial charge in [-0.15, -0.1) is 0 Å². The molecule has 188 valence electrons. The molecule has 0 saturated carbocycles. The minimum Gasteiger partial charge on any atom is -0.394 e. The maximum Gasteiger partial charge on any atom is 0.416 e. The first kappa shape index (κ1) is 24.8. The quantitative estimate of drug-likeness (QED) is 0.488. The number of benzene rings is 2. The highest BCUT2D eigenvalue weighted by Gasteiger charge is 2.36. The Morgan fingerprint density at radius 1 is 1.25 bits per heavy atom. The summed E-state index contributed by atoms with van der Waals surface area (Å²) in [5, 5.41) is 15.1. The van der Waals surface area contributed by atoms with E-state index in [1.807, 2.05) is 11.0 Å². The molecule has 12 heteroatoms. The van der Waals surface area contributed by atoms with Crippen molar-refractivity contribution in [1.82, 2.24) is 14.7 Å². The lowest BCUT2D eigenvalue weighted by atomic mass is 10.1. The number of thioether (sulfide) groups is 1. The summed E-state index contributed by atoms with van der Waals surface area (Å²) in [6.45, 7) is 0.375. The first-order valence-corrected chi connectivity index (χ1v) is 12.3. The van der Waals surface area contributed by atoms with Gasteiger partial charge in [0, 0.05) is 23.0 Å². The van der Waals surface area contributed by atoms with Crippen LogP contribution < -0.4 is 5.73 Å². The monoisotopic (exact) mass is 535 g/mol. The van der Waals surface area contributed by atoms with Crippen LogP contribution in [0.25, 0.3) is 17.0 Å². The number of alkyl halides is 3. The topological polar surface area (TPSA) is 96.7 Å². The van der Waals surface area contributed by atoms with Gasteiger partial charge in [-0.05, 0) is 59.7 Å². The summed E-state index contributed by atoms with van der Waals surface area (Å²) < 4.78 is 41.9. The van der Waals surface area contributed by atoms with Crippen molar-refractivity contribution < 1.29 is 23.1 Å². The summed E-state index contributed by atoms with van der Waals surface area (Å²) in [6.07, 6.45) is -0.620. The average Bonchev–Trinajstić information content (AvgIpc) is 3.51. The number of amides is 1. The molecule has 0 aliphatic carbocycles. The third-order valence-electron chi connectivity index (χ3n) is 6.17. The van der Waals surface area contributed by atoms with Crippen molar-refractivity contribution >= 4 is 51.4 Å². The SMILES string of the molecule is N[C@@H]1C[C@H](CO)N(C2=NC(=O)/C(=C\c3ccc4c(cnn4Cc4ccc(Cl)cc4C(F)(F)F)c3)S2)C1. The molecule has 0 unspecified atom stereocenters. The van der Waals surface area contributed by atoms with Crippen molar-refractivity contribution in [2.45, 2.75) is 31.2 Å². The highest BCUT2D eigenvalue weighted by Crippen LogP contribution is 2.35. The Kier molecular flexibility index (Phi) is 6.58. The maximum absolute atomic E-state index is 13.5. The molecule has 5 rings (SSSR count). The maximum atomic E-state index is 13.5. The minimum atomic E-state index is -4.54. The second-order valence-electron chi connectivity index (χ2n) is 8.71. The number of halogens is 4. The summed E-state index contributed by atoms with van der Waals surface area (Å²) in [4.78, 5) is 19.0. The van der Waals surface area contributed by atoms with Gasteiger partial charge in [0.25, 0.3) is 5.91 Å². The van der Waals surface area contributed by atoms with Crippen molar-refractivity contribution in [3.63, 3.8) is 0 Å². The molecule has 1 fully saturated rings. The third kappa shape index (κ3) is 4.88. The Morgan fingerprint density at radius 3 is 2.81 bits per heavy atom. The number of hydrogen-bond acceptors (Lipinski definition) is 6. The van der Waals surface area contributed by atoms with E-state index < -0.39 is 11.7 Å². The van der Waals surface area contributed by atoms with Crippen LogP contribution in [-0.4, -0.2) is 56.1 Å². The molecule has 0 spiro atoms. The number of nitrogens with zero attached hydrogens (tertiary/aromatic N) is 4. The highest BCUT2D eigenvalue weighted by molar-refractivity contribution is 8.18. The predicted octanol–water partition coefficient (Wildman–Crippen LogP) is 4.12. The van der Waals surface area contributed by atoms with Gasteiger partial charge in [-0.2, -0.15) is 23.3 Å². The molecule has 3 N–H and O–H groups in total. The normalized spacial score (nSPS) is 21.7. The number of rotatable bonds is 4. The van der Waals surface area contributed by atoms with Crippen LogP contribution in [0.4, 0.5) is 13.2 Å². The lowest BCUT2D eigenvalue weighted by Gasteiger charge is -2.23. The zero-order chi connectivity index (χ0) is 25.6. The van der Waals surface area contributed by atoms with Crippen molar-refractivity contribution in [1.29, 1.82) is 0 Å². The lowest BCUT2D eigenvalue weighted by molar-refractivity contribution is -0.138. The van der Waals surface area contributed by atoms with Crippen molar-refractivity contribution in [2.75, 3.05) is 13.2 Å². The Bertz CT molecular complexity index is 1400. The van der Waals surface area contributed by atoms with Gasteiger partial charge in [0.15, 0.2) is 5.17 Å². The van der Waals surface area contributed by atoms with E-state index in [1.54, 1.807) is 24.4 Å². The molecule has 3 heterocycles. The van der Waals surface area contributed by atoms with Crippen molar-refractivity contribution in [2.24, 2.45) is 10.7 Å². The molecule has 1 saturated heterocycles. The van der Waals surface area contributed by atoms with E-state index in [1.165, 1.54) is 28.6 Å². The Hall–Kier alpha value is -2.86. The van der Waals surface area contributed by atoms with Gasteiger partial charge in [0.1, 0.15) is 0 Å². The molecule has 2 aromatic carbocycles. The molecule has 2 atom stereocenters. The number of hydrogen-bond donors (Lipinski definition) is 2. The Balaban J connectivity index is 1.37. The van der Waals surface area contributed by atoms with E-state index in [9.17, 15) is 23.1 Å². The molecule has 3 aromatic rings. The van der Waals surface area contributed by atoms with Crippen LogP contribution in [0.5, 0.6) is 0 Å². The first-order chi connectivity index (χ1) is 17.1.